The first-order chi connectivity index (χ1) is 5.65. The third-order valence-electron chi connectivity index (χ3n) is 2.27. The van der Waals surface area contributed by atoms with Crippen LogP contribution in [-0.4, -0.2) is 48.2 Å². The number of likely N-dealkylation sites (N-methyl/N-ethyl adjacent to an activating group) is 1. The average molecular weight is 172 g/mol. The molecule has 0 aromatic rings. The van der Waals surface area contributed by atoms with Crippen molar-refractivity contribution in [3.8, 4) is 0 Å². The summed E-state index contributed by atoms with van der Waals surface area (Å²) in [4.78, 5) is 13.0. The zero-order chi connectivity index (χ0) is 9.14. The minimum Gasteiger partial charge on any atom is -0.384 e. The molecule has 1 heterocycles. The summed E-state index contributed by atoms with van der Waals surface area (Å²) < 4.78 is 0. The molecule has 0 saturated carbocycles. The van der Waals surface area contributed by atoms with Gasteiger partial charge < -0.3 is 15.3 Å². The number of aliphatic hydroxyl groups excluding tert-OH is 1. The Hall–Kier alpha value is -0.610. The van der Waals surface area contributed by atoms with E-state index in [0.29, 0.717) is 6.04 Å². The average Bonchev–Trinajstić information content (AvgIpc) is 2.50. The number of nitrogens with one attached hydrogen (secondary N) is 1. The van der Waals surface area contributed by atoms with Crippen LogP contribution in [0, 0.1) is 0 Å². The number of likely N-dealkylation sites (tertiary alicyclic amines) is 1. The van der Waals surface area contributed by atoms with Crippen molar-refractivity contribution >= 4 is 5.91 Å². The Kier molecular flexibility index (Phi) is 3.05. The molecule has 70 valence electrons. The van der Waals surface area contributed by atoms with E-state index in [2.05, 4.69) is 5.32 Å². The van der Waals surface area contributed by atoms with Gasteiger partial charge in [-0.3, -0.25) is 4.79 Å². The predicted octanol–water partition coefficient (Wildman–Crippen LogP) is -0.812. The molecule has 2 unspecified atom stereocenters. The molecule has 2 N–H and O–H groups in total. The first-order valence-electron chi connectivity index (χ1n) is 4.29. The summed E-state index contributed by atoms with van der Waals surface area (Å²) in [5.74, 6) is -0.159. The largest absolute Gasteiger partial charge is 0.384 e. The fourth-order valence-corrected chi connectivity index (χ4v) is 1.46. The maximum Gasteiger partial charge on any atom is 0.251 e. The van der Waals surface area contributed by atoms with E-state index in [9.17, 15) is 4.79 Å². The number of carbonyl (C=O) groups excluding carboxylic acids is 1. The van der Waals surface area contributed by atoms with Crippen molar-refractivity contribution < 1.29 is 9.90 Å². The summed E-state index contributed by atoms with van der Waals surface area (Å²) in [7, 11) is 1.89. The topological polar surface area (TPSA) is 52.6 Å². The van der Waals surface area contributed by atoms with E-state index >= 15 is 0 Å². The van der Waals surface area contributed by atoms with Crippen LogP contribution < -0.4 is 5.32 Å². The molecular weight excluding hydrogens is 156 g/mol. The van der Waals surface area contributed by atoms with Gasteiger partial charge in [-0.25, -0.2) is 0 Å². The summed E-state index contributed by atoms with van der Waals surface area (Å²) in [6, 6.07) is 0.396. The Labute approximate surface area is 72.6 Å². The maximum atomic E-state index is 11.3. The van der Waals surface area contributed by atoms with Gasteiger partial charge in [0.15, 0.2) is 0 Å². The molecule has 0 radical (unpaired) electrons. The molecule has 0 aromatic heterocycles. The van der Waals surface area contributed by atoms with Crippen LogP contribution >= 0.6 is 0 Å². The molecule has 1 aliphatic rings. The lowest BCUT2D eigenvalue weighted by Gasteiger charge is -2.17. The van der Waals surface area contributed by atoms with Crippen molar-refractivity contribution in [2.45, 2.75) is 25.5 Å². The minimum absolute atomic E-state index is 0.159. The summed E-state index contributed by atoms with van der Waals surface area (Å²) in [5, 5.41) is 12.1. The zero-order valence-electron chi connectivity index (χ0n) is 7.58. The molecule has 12 heavy (non-hydrogen) atoms. The minimum atomic E-state index is -0.861. The molecule has 0 bridgehead atoms. The van der Waals surface area contributed by atoms with Crippen molar-refractivity contribution in [1.82, 2.24) is 10.2 Å². The lowest BCUT2D eigenvalue weighted by molar-refractivity contribution is -0.138. The van der Waals surface area contributed by atoms with Crippen molar-refractivity contribution in [3.05, 3.63) is 0 Å². The first kappa shape index (κ1) is 9.48. The van der Waals surface area contributed by atoms with E-state index in [1.165, 1.54) is 6.92 Å². The second kappa shape index (κ2) is 3.87. The molecule has 1 aliphatic heterocycles. The maximum absolute atomic E-state index is 11.3. The van der Waals surface area contributed by atoms with Gasteiger partial charge in [-0.2, -0.15) is 0 Å². The second-order valence-corrected chi connectivity index (χ2v) is 3.23. The number of carbonyl (C=O) groups is 1. The Bertz CT molecular complexity index is 170. The Morgan fingerprint density at radius 1 is 1.75 bits per heavy atom. The molecule has 0 spiro atoms. The first-order valence-corrected chi connectivity index (χ1v) is 4.29. The van der Waals surface area contributed by atoms with Crippen LogP contribution in [0.25, 0.3) is 0 Å². The van der Waals surface area contributed by atoms with E-state index in [1.807, 2.05) is 7.05 Å². The number of rotatable bonds is 2. The van der Waals surface area contributed by atoms with Gasteiger partial charge in [0.2, 0.25) is 0 Å². The van der Waals surface area contributed by atoms with Crippen molar-refractivity contribution in [2.75, 3.05) is 20.1 Å². The second-order valence-electron chi connectivity index (χ2n) is 3.23. The molecule has 4 heteroatoms. The Morgan fingerprint density at radius 2 is 2.42 bits per heavy atom. The Balaban J connectivity index is 2.41. The van der Waals surface area contributed by atoms with Gasteiger partial charge in [0.25, 0.3) is 5.91 Å². The summed E-state index contributed by atoms with van der Waals surface area (Å²) in [6.07, 6.45) is 0.121. The highest BCUT2D eigenvalue weighted by atomic mass is 16.3. The molecule has 0 aromatic carbocycles. The number of hydrogen-bond donors (Lipinski definition) is 2. The van der Waals surface area contributed by atoms with Crippen molar-refractivity contribution in [2.24, 2.45) is 0 Å². The summed E-state index contributed by atoms with van der Waals surface area (Å²) in [6.45, 7) is 2.99. The zero-order valence-corrected chi connectivity index (χ0v) is 7.58. The van der Waals surface area contributed by atoms with Crippen LogP contribution in [0.2, 0.25) is 0 Å². The van der Waals surface area contributed by atoms with E-state index < -0.39 is 6.10 Å². The van der Waals surface area contributed by atoms with Crippen molar-refractivity contribution in [1.29, 1.82) is 0 Å². The number of nitrogens with zero attached hydrogens (tertiary/aromatic N) is 1. The van der Waals surface area contributed by atoms with Crippen LogP contribution in [-0.2, 0) is 4.79 Å². The summed E-state index contributed by atoms with van der Waals surface area (Å²) in [5.41, 5.74) is 0. The molecule has 2 atom stereocenters. The Morgan fingerprint density at radius 3 is 2.83 bits per heavy atom. The van der Waals surface area contributed by atoms with Gasteiger partial charge in [0.1, 0.15) is 6.10 Å². The van der Waals surface area contributed by atoms with Gasteiger partial charge in [0, 0.05) is 19.1 Å². The van der Waals surface area contributed by atoms with Crippen molar-refractivity contribution in [3.63, 3.8) is 0 Å². The van der Waals surface area contributed by atoms with Crippen LogP contribution in [0.5, 0.6) is 0 Å². The quantitative estimate of drug-likeness (QED) is 0.572. The van der Waals surface area contributed by atoms with Gasteiger partial charge in [-0.05, 0) is 20.4 Å². The normalized spacial score (nSPS) is 25.9. The molecular formula is C8H16N2O2. The summed E-state index contributed by atoms with van der Waals surface area (Å²) >= 11 is 0. The third kappa shape index (κ3) is 1.95. The lowest BCUT2D eigenvalue weighted by atomic mass is 10.3. The fraction of sp³-hybridized carbons (Fsp3) is 0.875. The smallest absolute Gasteiger partial charge is 0.251 e. The molecule has 1 fully saturated rings. The molecule has 4 nitrogen and oxygen atoms in total. The molecule has 1 rings (SSSR count). The van der Waals surface area contributed by atoms with Crippen LogP contribution in [0.4, 0.5) is 0 Å². The standard InChI is InChI=1S/C8H16N2O2/c1-6(11)8(12)10-4-3-7(5-10)9-2/h6-7,9,11H,3-5H2,1-2H3. The highest BCUT2D eigenvalue weighted by Crippen LogP contribution is 2.09. The highest BCUT2D eigenvalue weighted by molar-refractivity contribution is 5.80. The number of amides is 1. The molecule has 1 saturated heterocycles. The van der Waals surface area contributed by atoms with Gasteiger partial charge in [0.05, 0.1) is 0 Å². The van der Waals surface area contributed by atoms with Gasteiger partial charge in [-0.1, -0.05) is 0 Å². The SMILES string of the molecule is CNC1CCN(C(=O)C(C)O)C1. The number of hydrogen-bond acceptors (Lipinski definition) is 3. The number of aliphatic hydroxyl groups is 1. The molecule has 0 aliphatic carbocycles. The van der Waals surface area contributed by atoms with Crippen LogP contribution in [0.1, 0.15) is 13.3 Å². The van der Waals surface area contributed by atoms with E-state index in [1.54, 1.807) is 4.90 Å². The third-order valence-corrected chi connectivity index (χ3v) is 2.27. The molecule has 1 amide bonds. The highest BCUT2D eigenvalue weighted by Gasteiger charge is 2.26. The van der Waals surface area contributed by atoms with E-state index in [0.717, 1.165) is 19.5 Å². The van der Waals surface area contributed by atoms with Crippen LogP contribution in [0.15, 0.2) is 0 Å². The van der Waals surface area contributed by atoms with E-state index in [-0.39, 0.29) is 5.91 Å². The van der Waals surface area contributed by atoms with Crippen LogP contribution in [0.3, 0.4) is 0 Å². The fourth-order valence-electron chi connectivity index (χ4n) is 1.46. The van der Waals surface area contributed by atoms with Gasteiger partial charge in [-0.15, -0.1) is 0 Å². The van der Waals surface area contributed by atoms with Gasteiger partial charge >= 0.3 is 0 Å². The monoisotopic (exact) mass is 172 g/mol. The lowest BCUT2D eigenvalue weighted by Crippen LogP contribution is -2.38. The van der Waals surface area contributed by atoms with E-state index in [4.69, 9.17) is 5.11 Å². The predicted molar refractivity (Wildman–Crippen MR) is 45.7 cm³/mol.